The van der Waals surface area contributed by atoms with Gasteiger partial charge >= 0.3 is 0 Å². The zero-order valence-electron chi connectivity index (χ0n) is 16.3. The van der Waals surface area contributed by atoms with Crippen molar-refractivity contribution in [3.8, 4) is 0 Å². The van der Waals surface area contributed by atoms with Crippen LogP contribution < -0.4 is 15.8 Å². The average molecular weight is 483 g/mol. The van der Waals surface area contributed by atoms with E-state index in [4.69, 9.17) is 11.6 Å². The summed E-state index contributed by atoms with van der Waals surface area (Å²) in [4.78, 5) is 15.5. The first kappa shape index (κ1) is 19.8. The molecule has 0 saturated carbocycles. The smallest absolute Gasteiger partial charge is 0.246 e. The Hall–Kier alpha value is -2.18. The van der Waals surface area contributed by atoms with Crippen molar-refractivity contribution in [3.05, 3.63) is 99.0 Å². The molecule has 2 aliphatic rings. The second-order valence-corrected chi connectivity index (χ2v) is 9.27. The number of carbonyl (C=O) groups is 1. The largest absolute Gasteiger partial charge is 0.303 e. The van der Waals surface area contributed by atoms with Crippen molar-refractivity contribution in [1.82, 2.24) is 10.9 Å². The first-order valence-corrected chi connectivity index (χ1v) is 11.1. The molecule has 0 radical (unpaired) electrons. The van der Waals surface area contributed by atoms with Crippen molar-refractivity contribution >= 4 is 39.1 Å². The number of benzene rings is 3. The lowest BCUT2D eigenvalue weighted by Crippen LogP contribution is -2.41. The van der Waals surface area contributed by atoms with E-state index >= 15 is 0 Å². The number of anilines is 1. The van der Waals surface area contributed by atoms with Crippen molar-refractivity contribution in [2.75, 3.05) is 4.90 Å². The van der Waals surface area contributed by atoms with Gasteiger partial charge in [0.1, 0.15) is 6.04 Å². The molecule has 1 amide bonds. The van der Waals surface area contributed by atoms with Gasteiger partial charge in [0.25, 0.3) is 0 Å². The third-order valence-corrected chi connectivity index (χ3v) is 6.84. The van der Waals surface area contributed by atoms with E-state index in [1.807, 2.05) is 41.3 Å². The van der Waals surface area contributed by atoms with E-state index < -0.39 is 0 Å². The summed E-state index contributed by atoms with van der Waals surface area (Å²) in [5.41, 5.74) is 11.0. The Kier molecular flexibility index (Phi) is 5.15. The Morgan fingerprint density at radius 3 is 2.10 bits per heavy atom. The number of halogens is 2. The molecule has 5 rings (SSSR count). The van der Waals surface area contributed by atoms with E-state index in [1.54, 1.807) is 0 Å². The lowest BCUT2D eigenvalue weighted by atomic mass is 9.83. The van der Waals surface area contributed by atoms with Crippen LogP contribution in [0, 0.1) is 12.8 Å². The van der Waals surface area contributed by atoms with Crippen molar-refractivity contribution in [2.24, 2.45) is 5.92 Å². The topological polar surface area (TPSA) is 44.4 Å². The summed E-state index contributed by atoms with van der Waals surface area (Å²) < 4.78 is 1.04. The summed E-state index contributed by atoms with van der Waals surface area (Å²) in [6, 6.07) is 23.9. The van der Waals surface area contributed by atoms with Crippen molar-refractivity contribution in [1.29, 1.82) is 0 Å². The minimum atomic E-state index is -0.305. The summed E-state index contributed by atoms with van der Waals surface area (Å²) in [5, 5.41) is 0.657. The molecular formula is C24H21BrClN3O. The van der Waals surface area contributed by atoms with E-state index in [2.05, 4.69) is 70.1 Å². The van der Waals surface area contributed by atoms with Gasteiger partial charge in [-0.1, -0.05) is 69.5 Å². The molecule has 4 nitrogen and oxygen atoms in total. The molecule has 2 heterocycles. The number of hydrogen-bond acceptors (Lipinski definition) is 3. The fraction of sp³-hybridized carbons (Fsp3) is 0.208. The summed E-state index contributed by atoms with van der Waals surface area (Å²) >= 11 is 9.62. The molecule has 3 aromatic carbocycles. The van der Waals surface area contributed by atoms with Gasteiger partial charge in [0, 0.05) is 21.1 Å². The number of hydrazine groups is 1. The summed E-state index contributed by atoms with van der Waals surface area (Å²) in [6.07, 6.45) is 0. The zero-order chi connectivity index (χ0) is 20.8. The first-order chi connectivity index (χ1) is 14.5. The minimum absolute atomic E-state index is 0.00986. The molecule has 4 atom stereocenters. The third-order valence-electron chi connectivity index (χ3n) is 6.06. The highest BCUT2D eigenvalue weighted by molar-refractivity contribution is 9.10. The molecule has 2 fully saturated rings. The third kappa shape index (κ3) is 3.36. The second kappa shape index (κ2) is 7.82. The van der Waals surface area contributed by atoms with Crippen LogP contribution >= 0.6 is 27.5 Å². The maximum Gasteiger partial charge on any atom is 0.246 e. The fourth-order valence-corrected chi connectivity index (χ4v) is 5.00. The van der Waals surface area contributed by atoms with E-state index in [9.17, 15) is 4.79 Å². The van der Waals surface area contributed by atoms with Gasteiger partial charge in [-0.05, 0) is 54.4 Å². The van der Waals surface area contributed by atoms with Gasteiger partial charge in [0.2, 0.25) is 5.91 Å². The number of hydrogen-bond donors (Lipinski definition) is 2. The van der Waals surface area contributed by atoms with Crippen LogP contribution in [-0.4, -0.2) is 11.9 Å². The Morgan fingerprint density at radius 2 is 1.43 bits per heavy atom. The maximum atomic E-state index is 13.5. The lowest BCUT2D eigenvalue weighted by molar-refractivity contribution is -0.119. The number of carbonyl (C=O) groups excluding carboxylic acids is 1. The molecule has 2 N–H and O–H groups in total. The Labute approximate surface area is 189 Å². The molecule has 30 heavy (non-hydrogen) atoms. The number of nitrogens with one attached hydrogen (secondary N) is 2. The van der Waals surface area contributed by atoms with Gasteiger partial charge in [0.05, 0.1) is 12.1 Å². The van der Waals surface area contributed by atoms with E-state index in [0.29, 0.717) is 5.02 Å². The first-order valence-electron chi connectivity index (χ1n) is 9.94. The van der Waals surface area contributed by atoms with Crippen LogP contribution in [-0.2, 0) is 4.79 Å². The average Bonchev–Trinajstić information content (AvgIpc) is 3.29. The van der Waals surface area contributed by atoms with Crippen molar-refractivity contribution in [2.45, 2.75) is 25.0 Å². The molecule has 3 aromatic rings. The highest BCUT2D eigenvalue weighted by Crippen LogP contribution is 2.49. The second-order valence-electron chi connectivity index (χ2n) is 7.91. The Balaban J connectivity index is 1.62. The van der Waals surface area contributed by atoms with Gasteiger partial charge in [-0.3, -0.25) is 4.79 Å². The predicted molar refractivity (Wildman–Crippen MR) is 123 cm³/mol. The molecule has 6 heteroatoms. The number of amides is 1. The molecule has 4 unspecified atom stereocenters. The van der Waals surface area contributed by atoms with E-state index in [-0.39, 0.29) is 30.0 Å². The SMILES string of the molecule is Cc1ccc(C2C3C(NNC3c3ccc(Br)cc3)C(=O)N2c2ccc(Cl)cc2)cc1. The molecule has 2 aliphatic heterocycles. The van der Waals surface area contributed by atoms with Gasteiger partial charge in [-0.2, -0.15) is 0 Å². The van der Waals surface area contributed by atoms with Crippen LogP contribution in [0.1, 0.15) is 28.8 Å². The fourth-order valence-electron chi connectivity index (χ4n) is 4.61. The van der Waals surface area contributed by atoms with Crippen molar-refractivity contribution < 1.29 is 4.79 Å². The molecule has 0 spiro atoms. The molecule has 0 aromatic heterocycles. The molecule has 0 aliphatic carbocycles. The maximum absolute atomic E-state index is 13.5. The molecule has 0 bridgehead atoms. The normalized spacial score (nSPS) is 25.6. The quantitative estimate of drug-likeness (QED) is 0.530. The predicted octanol–water partition coefficient (Wildman–Crippen LogP) is 5.33. The summed E-state index contributed by atoms with van der Waals surface area (Å²) in [6.45, 7) is 2.08. The number of rotatable bonds is 3. The Bertz CT molecular complexity index is 1070. The number of fused-ring (bicyclic) bond motifs is 1. The van der Waals surface area contributed by atoms with E-state index in [1.165, 1.54) is 5.56 Å². The highest BCUT2D eigenvalue weighted by Gasteiger charge is 2.55. The van der Waals surface area contributed by atoms with Crippen LogP contribution in [0.2, 0.25) is 5.02 Å². The Morgan fingerprint density at radius 1 is 0.833 bits per heavy atom. The van der Waals surface area contributed by atoms with Crippen LogP contribution in [0.3, 0.4) is 0 Å². The van der Waals surface area contributed by atoms with Crippen LogP contribution in [0.4, 0.5) is 5.69 Å². The van der Waals surface area contributed by atoms with Crippen LogP contribution in [0.15, 0.2) is 77.3 Å². The van der Waals surface area contributed by atoms with Gasteiger partial charge in [-0.25, -0.2) is 10.9 Å². The zero-order valence-corrected chi connectivity index (χ0v) is 18.7. The van der Waals surface area contributed by atoms with E-state index in [0.717, 1.165) is 21.3 Å². The van der Waals surface area contributed by atoms with Crippen molar-refractivity contribution in [3.63, 3.8) is 0 Å². The standard InChI is InChI=1S/C24H21BrClN3O/c1-14-2-4-16(5-3-14)23-20-21(15-6-8-17(25)9-7-15)27-28-22(20)24(30)29(23)19-12-10-18(26)11-13-19/h2-13,20-23,27-28H,1H3. The molecule has 2 saturated heterocycles. The monoisotopic (exact) mass is 481 g/mol. The van der Waals surface area contributed by atoms with Crippen LogP contribution in [0.5, 0.6) is 0 Å². The summed E-state index contributed by atoms with van der Waals surface area (Å²) in [5.74, 6) is 0.108. The van der Waals surface area contributed by atoms with Gasteiger partial charge < -0.3 is 4.90 Å². The van der Waals surface area contributed by atoms with Gasteiger partial charge in [-0.15, -0.1) is 0 Å². The highest BCUT2D eigenvalue weighted by atomic mass is 79.9. The van der Waals surface area contributed by atoms with Gasteiger partial charge in [0.15, 0.2) is 0 Å². The molecular weight excluding hydrogens is 462 g/mol. The summed E-state index contributed by atoms with van der Waals surface area (Å²) in [7, 11) is 0. The lowest BCUT2D eigenvalue weighted by Gasteiger charge is -2.31. The van der Waals surface area contributed by atoms with Crippen LogP contribution in [0.25, 0.3) is 0 Å². The number of aryl methyl sites for hydroxylation is 1. The number of nitrogens with zero attached hydrogens (tertiary/aromatic N) is 1. The molecule has 152 valence electrons. The minimum Gasteiger partial charge on any atom is -0.303 e.